The molecule has 1 aromatic carbocycles. The van der Waals surface area contributed by atoms with Gasteiger partial charge in [-0.05, 0) is 24.5 Å². The van der Waals surface area contributed by atoms with E-state index in [0.29, 0.717) is 5.56 Å². The molecular formula is C21H24FNO5. The molecule has 0 aliphatic heterocycles. The van der Waals surface area contributed by atoms with E-state index in [1.807, 2.05) is 30.3 Å². The highest BCUT2D eigenvalue weighted by atomic mass is 19.1. The number of pyridine rings is 1. The number of aromatic nitrogens is 1. The highest BCUT2D eigenvalue weighted by Gasteiger charge is 2.43. The van der Waals surface area contributed by atoms with Crippen LogP contribution < -0.4 is 0 Å². The van der Waals surface area contributed by atoms with Crippen molar-refractivity contribution in [1.29, 1.82) is 0 Å². The molecule has 1 atom stereocenters. The Morgan fingerprint density at radius 3 is 2.43 bits per heavy atom. The maximum Gasteiger partial charge on any atom is 0.342 e. The number of nitrogens with zero attached hydrogens (tertiary/aromatic N) is 1. The summed E-state index contributed by atoms with van der Waals surface area (Å²) in [6.45, 7) is 1.88. The van der Waals surface area contributed by atoms with Gasteiger partial charge in [-0.25, -0.2) is 9.78 Å². The van der Waals surface area contributed by atoms with E-state index >= 15 is 0 Å². The minimum absolute atomic E-state index is 0.0229. The number of carbonyl (C=O) groups is 2. The molecule has 28 heavy (non-hydrogen) atoms. The van der Waals surface area contributed by atoms with Gasteiger partial charge in [-0.15, -0.1) is 0 Å². The van der Waals surface area contributed by atoms with Crippen molar-refractivity contribution in [3.8, 4) is 0 Å². The van der Waals surface area contributed by atoms with Gasteiger partial charge in [0, 0.05) is 23.7 Å². The van der Waals surface area contributed by atoms with Gasteiger partial charge in [0.2, 0.25) is 5.95 Å². The number of methoxy groups -OCH3 is 2. The van der Waals surface area contributed by atoms with Gasteiger partial charge in [0.25, 0.3) is 0 Å². The Morgan fingerprint density at radius 1 is 1.11 bits per heavy atom. The second kappa shape index (κ2) is 9.94. The third-order valence-electron chi connectivity index (χ3n) is 4.59. The normalized spacial score (nSPS) is 12.9. The lowest BCUT2D eigenvalue weighted by Gasteiger charge is -2.32. The molecule has 1 unspecified atom stereocenters. The van der Waals surface area contributed by atoms with Gasteiger partial charge in [0.05, 0.1) is 20.8 Å². The Morgan fingerprint density at radius 2 is 1.82 bits per heavy atom. The third kappa shape index (κ3) is 4.72. The fourth-order valence-corrected chi connectivity index (χ4v) is 3.04. The van der Waals surface area contributed by atoms with Crippen LogP contribution in [0.1, 0.15) is 36.5 Å². The summed E-state index contributed by atoms with van der Waals surface area (Å²) in [5, 5.41) is 0. The van der Waals surface area contributed by atoms with E-state index in [9.17, 15) is 14.0 Å². The van der Waals surface area contributed by atoms with E-state index in [1.54, 1.807) is 6.92 Å². The monoisotopic (exact) mass is 389 g/mol. The molecule has 2 aromatic rings. The van der Waals surface area contributed by atoms with E-state index in [0.717, 1.165) is 5.56 Å². The summed E-state index contributed by atoms with van der Waals surface area (Å²) in [4.78, 5) is 28.0. The van der Waals surface area contributed by atoms with Gasteiger partial charge >= 0.3 is 11.9 Å². The van der Waals surface area contributed by atoms with E-state index in [-0.39, 0.29) is 31.4 Å². The second-order valence-electron chi connectivity index (χ2n) is 6.15. The summed E-state index contributed by atoms with van der Waals surface area (Å²) in [6, 6.07) is 10.9. The van der Waals surface area contributed by atoms with Crippen LogP contribution in [-0.2, 0) is 42.4 Å². The molecular weight excluding hydrogens is 365 g/mol. The van der Waals surface area contributed by atoms with E-state index in [2.05, 4.69) is 9.72 Å². The summed E-state index contributed by atoms with van der Waals surface area (Å²) in [7, 11) is 2.51. The van der Waals surface area contributed by atoms with E-state index in [1.165, 1.54) is 26.5 Å². The first-order valence-corrected chi connectivity index (χ1v) is 8.95. The summed E-state index contributed by atoms with van der Waals surface area (Å²) >= 11 is 0. The van der Waals surface area contributed by atoms with Crippen LogP contribution in [0.5, 0.6) is 0 Å². The van der Waals surface area contributed by atoms with Crippen molar-refractivity contribution in [2.45, 2.75) is 38.4 Å². The molecule has 0 saturated heterocycles. The van der Waals surface area contributed by atoms with Crippen molar-refractivity contribution < 1.29 is 28.2 Å². The quantitative estimate of drug-likeness (QED) is 0.484. The van der Waals surface area contributed by atoms with Crippen molar-refractivity contribution in [3.05, 3.63) is 65.2 Å². The van der Waals surface area contributed by atoms with Gasteiger partial charge in [-0.1, -0.05) is 37.3 Å². The zero-order valence-electron chi connectivity index (χ0n) is 16.2. The third-order valence-corrected chi connectivity index (χ3v) is 4.59. The minimum atomic E-state index is -1.53. The first kappa shape index (κ1) is 21.5. The van der Waals surface area contributed by atoms with Gasteiger partial charge in [0.1, 0.15) is 0 Å². The van der Waals surface area contributed by atoms with Crippen LogP contribution in [0.4, 0.5) is 4.39 Å². The summed E-state index contributed by atoms with van der Waals surface area (Å²) in [5.41, 5.74) is -0.239. The summed E-state index contributed by atoms with van der Waals surface area (Å²) in [5.74, 6) is -1.89. The number of benzene rings is 1. The fourth-order valence-electron chi connectivity index (χ4n) is 3.04. The van der Waals surface area contributed by atoms with Gasteiger partial charge in [-0.3, -0.25) is 4.79 Å². The summed E-state index contributed by atoms with van der Waals surface area (Å²) in [6.07, 6.45) is 1.45. The van der Waals surface area contributed by atoms with Crippen molar-refractivity contribution >= 4 is 11.9 Å². The molecule has 6 nitrogen and oxygen atoms in total. The Labute approximate surface area is 163 Å². The van der Waals surface area contributed by atoms with Crippen LogP contribution in [0.15, 0.2) is 42.6 Å². The molecule has 0 radical (unpaired) electrons. The molecule has 2 rings (SSSR count). The van der Waals surface area contributed by atoms with Crippen molar-refractivity contribution in [1.82, 2.24) is 4.98 Å². The van der Waals surface area contributed by atoms with E-state index < -0.39 is 23.5 Å². The van der Waals surface area contributed by atoms with Crippen molar-refractivity contribution in [2.24, 2.45) is 0 Å². The number of hydrogen-bond acceptors (Lipinski definition) is 6. The highest BCUT2D eigenvalue weighted by Crippen LogP contribution is 2.35. The predicted octanol–water partition coefficient (Wildman–Crippen LogP) is 3.32. The molecule has 0 aliphatic rings. The molecule has 0 aliphatic carbocycles. The highest BCUT2D eigenvalue weighted by molar-refractivity contribution is 5.82. The molecule has 0 amide bonds. The van der Waals surface area contributed by atoms with Crippen LogP contribution in [-0.4, -0.2) is 31.1 Å². The Bertz CT molecular complexity index is 812. The predicted molar refractivity (Wildman–Crippen MR) is 99.7 cm³/mol. The Kier molecular flexibility index (Phi) is 7.63. The maximum absolute atomic E-state index is 14.5. The SMILES string of the molecule is CCC(OCc1ccccc1)(C(=O)OC)c1ccnc(F)c1CCC(=O)OC. The molecule has 1 aromatic heterocycles. The largest absolute Gasteiger partial charge is 0.469 e. The van der Waals surface area contributed by atoms with E-state index in [4.69, 9.17) is 9.47 Å². The molecule has 0 saturated carbocycles. The molecule has 0 N–H and O–H groups in total. The lowest BCUT2D eigenvalue weighted by molar-refractivity contribution is -0.174. The standard InChI is InChI=1S/C21H24FNO5/c1-4-21(20(25)27-3,28-14-15-8-6-5-7-9-15)17-12-13-23-19(22)16(17)10-11-18(24)26-2/h5-9,12-13H,4,10-11,14H2,1-3H3. The molecule has 150 valence electrons. The molecule has 7 heteroatoms. The smallest absolute Gasteiger partial charge is 0.342 e. The minimum Gasteiger partial charge on any atom is -0.469 e. The Hall–Kier alpha value is -2.80. The van der Waals surface area contributed by atoms with Crippen LogP contribution in [0.25, 0.3) is 0 Å². The number of esters is 2. The van der Waals surface area contributed by atoms with Gasteiger partial charge in [0.15, 0.2) is 5.60 Å². The average Bonchev–Trinajstić information content (AvgIpc) is 2.74. The molecule has 1 heterocycles. The van der Waals surface area contributed by atoms with Crippen LogP contribution in [0.3, 0.4) is 0 Å². The summed E-state index contributed by atoms with van der Waals surface area (Å²) < 4.78 is 30.2. The Balaban J connectivity index is 2.46. The van der Waals surface area contributed by atoms with Crippen LogP contribution in [0.2, 0.25) is 0 Å². The second-order valence-corrected chi connectivity index (χ2v) is 6.15. The maximum atomic E-state index is 14.5. The lowest BCUT2D eigenvalue weighted by Crippen LogP contribution is -2.40. The molecule has 0 fully saturated rings. The van der Waals surface area contributed by atoms with Crippen molar-refractivity contribution in [3.63, 3.8) is 0 Å². The lowest BCUT2D eigenvalue weighted by atomic mass is 9.86. The number of rotatable bonds is 9. The first-order chi connectivity index (χ1) is 13.5. The topological polar surface area (TPSA) is 74.7 Å². The fraction of sp³-hybridized carbons (Fsp3) is 0.381. The van der Waals surface area contributed by atoms with Crippen LogP contribution >= 0.6 is 0 Å². The zero-order chi connectivity index (χ0) is 20.6. The zero-order valence-corrected chi connectivity index (χ0v) is 16.2. The van der Waals surface area contributed by atoms with Crippen molar-refractivity contribution in [2.75, 3.05) is 14.2 Å². The average molecular weight is 389 g/mol. The molecule has 0 spiro atoms. The van der Waals surface area contributed by atoms with Gasteiger partial charge < -0.3 is 14.2 Å². The number of carbonyl (C=O) groups excluding carboxylic acids is 2. The number of ether oxygens (including phenoxy) is 3. The number of halogens is 1. The molecule has 0 bridgehead atoms. The van der Waals surface area contributed by atoms with Gasteiger partial charge in [-0.2, -0.15) is 4.39 Å². The first-order valence-electron chi connectivity index (χ1n) is 8.95. The van der Waals surface area contributed by atoms with Crippen LogP contribution in [0, 0.1) is 5.95 Å². The number of hydrogen-bond donors (Lipinski definition) is 0.